The molecule has 0 fully saturated rings. The average molecular weight is 427 g/mol. The molecular formula is C25H21N3O4. The highest BCUT2D eigenvalue weighted by Crippen LogP contribution is 2.18. The van der Waals surface area contributed by atoms with Crippen molar-refractivity contribution in [2.24, 2.45) is 5.10 Å². The molecule has 0 atom stereocenters. The summed E-state index contributed by atoms with van der Waals surface area (Å²) in [4.78, 5) is 28.8. The molecule has 4 rings (SSSR count). The summed E-state index contributed by atoms with van der Waals surface area (Å²) >= 11 is 0. The van der Waals surface area contributed by atoms with Crippen LogP contribution < -0.4 is 10.3 Å². The molecule has 0 aliphatic rings. The van der Waals surface area contributed by atoms with Crippen LogP contribution in [0.1, 0.15) is 27.3 Å². The molecule has 4 aromatic rings. The van der Waals surface area contributed by atoms with Crippen LogP contribution in [0.3, 0.4) is 0 Å². The Hall–Kier alpha value is -4.26. The van der Waals surface area contributed by atoms with Crippen LogP contribution in [0, 0.1) is 6.92 Å². The van der Waals surface area contributed by atoms with Crippen LogP contribution in [0.2, 0.25) is 0 Å². The minimum absolute atomic E-state index is 0.228. The molecule has 0 radical (unpaired) electrons. The lowest BCUT2D eigenvalue weighted by Gasteiger charge is -2.10. The first-order valence-corrected chi connectivity index (χ1v) is 9.98. The summed E-state index contributed by atoms with van der Waals surface area (Å²) < 4.78 is 12.0. The minimum Gasteiger partial charge on any atom is -0.488 e. The van der Waals surface area contributed by atoms with Crippen molar-refractivity contribution in [1.82, 2.24) is 9.66 Å². The molecule has 1 heterocycles. The van der Waals surface area contributed by atoms with Crippen molar-refractivity contribution < 1.29 is 14.3 Å². The lowest BCUT2D eigenvalue weighted by Crippen LogP contribution is -2.20. The summed E-state index contributed by atoms with van der Waals surface area (Å²) in [5.74, 6) is 0.731. The number of carbonyl (C=O) groups is 1. The van der Waals surface area contributed by atoms with E-state index >= 15 is 0 Å². The summed E-state index contributed by atoms with van der Waals surface area (Å²) in [6.07, 6.45) is 1.58. The van der Waals surface area contributed by atoms with Gasteiger partial charge in [0, 0.05) is 5.56 Å². The van der Waals surface area contributed by atoms with Crippen LogP contribution in [0.25, 0.3) is 10.9 Å². The fourth-order valence-corrected chi connectivity index (χ4v) is 3.23. The van der Waals surface area contributed by atoms with Crippen molar-refractivity contribution in [2.45, 2.75) is 13.5 Å². The van der Waals surface area contributed by atoms with E-state index in [1.165, 1.54) is 11.8 Å². The van der Waals surface area contributed by atoms with E-state index in [1.54, 1.807) is 43.5 Å². The quantitative estimate of drug-likeness (QED) is 0.344. The van der Waals surface area contributed by atoms with Gasteiger partial charge in [-0.15, -0.1) is 0 Å². The number of fused-ring (bicyclic) bond motifs is 1. The highest BCUT2D eigenvalue weighted by atomic mass is 16.5. The van der Waals surface area contributed by atoms with E-state index in [0.29, 0.717) is 34.6 Å². The summed E-state index contributed by atoms with van der Waals surface area (Å²) in [7, 11) is 1.35. The molecule has 0 aliphatic carbocycles. The zero-order chi connectivity index (χ0) is 22.5. The van der Waals surface area contributed by atoms with Crippen molar-refractivity contribution >= 4 is 23.1 Å². The standard InChI is InChI=1S/C25H21N3O4/c1-17-27-22-9-5-4-8-21(22)24(29)28(17)26-15-20-7-3-6-10-23(20)32-16-18-11-13-19(14-12-18)25(30)31-2/h3-15H,16H2,1-2H3/b26-15+. The van der Waals surface area contributed by atoms with E-state index in [2.05, 4.69) is 10.1 Å². The van der Waals surface area contributed by atoms with Gasteiger partial charge in [0.25, 0.3) is 5.56 Å². The van der Waals surface area contributed by atoms with E-state index < -0.39 is 0 Å². The number of aryl methyl sites for hydroxylation is 1. The normalized spacial score (nSPS) is 11.1. The number of nitrogens with zero attached hydrogens (tertiary/aromatic N) is 3. The van der Waals surface area contributed by atoms with Gasteiger partial charge in [-0.1, -0.05) is 36.4 Å². The predicted molar refractivity (Wildman–Crippen MR) is 122 cm³/mol. The van der Waals surface area contributed by atoms with Crippen molar-refractivity contribution in [2.75, 3.05) is 7.11 Å². The van der Waals surface area contributed by atoms with Gasteiger partial charge < -0.3 is 9.47 Å². The number of methoxy groups -OCH3 is 1. The van der Waals surface area contributed by atoms with Gasteiger partial charge in [-0.2, -0.15) is 9.78 Å². The Labute approximate surface area is 184 Å². The van der Waals surface area contributed by atoms with Crippen LogP contribution >= 0.6 is 0 Å². The van der Waals surface area contributed by atoms with E-state index in [4.69, 9.17) is 9.47 Å². The minimum atomic E-state index is -0.382. The van der Waals surface area contributed by atoms with Crippen molar-refractivity contribution in [3.63, 3.8) is 0 Å². The van der Waals surface area contributed by atoms with E-state index in [0.717, 1.165) is 11.1 Å². The van der Waals surface area contributed by atoms with Gasteiger partial charge >= 0.3 is 5.97 Å². The maximum atomic E-state index is 12.8. The number of ether oxygens (including phenoxy) is 2. The first-order chi connectivity index (χ1) is 15.6. The molecule has 160 valence electrons. The number of carbonyl (C=O) groups excluding carboxylic acids is 1. The van der Waals surface area contributed by atoms with Crippen LogP contribution in [0.4, 0.5) is 0 Å². The fraction of sp³-hybridized carbons (Fsp3) is 0.120. The second-order valence-corrected chi connectivity index (χ2v) is 7.05. The molecular weight excluding hydrogens is 406 g/mol. The third kappa shape index (κ3) is 4.41. The Morgan fingerprint density at radius 2 is 1.75 bits per heavy atom. The van der Waals surface area contributed by atoms with Crippen LogP contribution in [0.5, 0.6) is 5.75 Å². The van der Waals surface area contributed by atoms with E-state index in [1.807, 2.05) is 42.5 Å². The highest BCUT2D eigenvalue weighted by molar-refractivity contribution is 5.89. The molecule has 7 heteroatoms. The molecule has 3 aromatic carbocycles. The lowest BCUT2D eigenvalue weighted by molar-refractivity contribution is 0.0600. The average Bonchev–Trinajstić information content (AvgIpc) is 2.83. The van der Waals surface area contributed by atoms with Gasteiger partial charge in [-0.3, -0.25) is 4.79 Å². The number of para-hydroxylation sites is 2. The Bertz CT molecular complexity index is 1360. The molecule has 0 bridgehead atoms. The summed E-state index contributed by atoms with van der Waals surface area (Å²) in [6.45, 7) is 2.05. The predicted octanol–water partition coefficient (Wildman–Crippen LogP) is 3.95. The van der Waals surface area contributed by atoms with Crippen molar-refractivity contribution in [3.8, 4) is 5.75 Å². The Morgan fingerprint density at radius 3 is 2.53 bits per heavy atom. The second kappa shape index (κ2) is 9.26. The third-order valence-corrected chi connectivity index (χ3v) is 4.92. The molecule has 0 unspecified atom stereocenters. The molecule has 0 spiro atoms. The largest absolute Gasteiger partial charge is 0.488 e. The topological polar surface area (TPSA) is 82.8 Å². The molecule has 0 saturated carbocycles. The molecule has 1 aromatic heterocycles. The Kier molecular flexibility index (Phi) is 6.07. The lowest BCUT2D eigenvalue weighted by atomic mass is 10.1. The van der Waals surface area contributed by atoms with Gasteiger partial charge in [0.2, 0.25) is 0 Å². The third-order valence-electron chi connectivity index (χ3n) is 4.92. The molecule has 0 aliphatic heterocycles. The van der Waals surface area contributed by atoms with Crippen LogP contribution in [0.15, 0.2) is 82.7 Å². The van der Waals surface area contributed by atoms with Gasteiger partial charge in [0.1, 0.15) is 18.2 Å². The summed E-state index contributed by atoms with van der Waals surface area (Å²) in [5.41, 5.74) is 2.51. The van der Waals surface area contributed by atoms with Gasteiger partial charge in [0.15, 0.2) is 0 Å². The monoisotopic (exact) mass is 427 g/mol. The van der Waals surface area contributed by atoms with Crippen LogP contribution in [-0.2, 0) is 11.3 Å². The van der Waals surface area contributed by atoms with Crippen molar-refractivity contribution in [1.29, 1.82) is 0 Å². The molecule has 0 saturated heterocycles. The summed E-state index contributed by atoms with van der Waals surface area (Å²) in [5, 5.41) is 4.88. The van der Waals surface area contributed by atoms with Crippen molar-refractivity contribution in [3.05, 3.63) is 106 Å². The smallest absolute Gasteiger partial charge is 0.337 e. The highest BCUT2D eigenvalue weighted by Gasteiger charge is 2.08. The van der Waals surface area contributed by atoms with Gasteiger partial charge in [-0.25, -0.2) is 9.78 Å². The van der Waals surface area contributed by atoms with E-state index in [9.17, 15) is 9.59 Å². The zero-order valence-electron chi connectivity index (χ0n) is 17.7. The SMILES string of the molecule is COC(=O)c1ccc(COc2ccccc2/C=N/n2c(C)nc3ccccc3c2=O)cc1. The first-order valence-electron chi connectivity index (χ1n) is 9.98. The Morgan fingerprint density at radius 1 is 1.03 bits per heavy atom. The molecule has 0 amide bonds. The number of esters is 1. The number of aromatic nitrogens is 2. The number of rotatable bonds is 6. The van der Waals surface area contributed by atoms with Crippen LogP contribution in [-0.4, -0.2) is 29.0 Å². The molecule has 7 nitrogen and oxygen atoms in total. The maximum Gasteiger partial charge on any atom is 0.337 e. The number of hydrogen-bond acceptors (Lipinski definition) is 6. The fourth-order valence-electron chi connectivity index (χ4n) is 3.23. The molecule has 0 N–H and O–H groups in total. The van der Waals surface area contributed by atoms with Gasteiger partial charge in [0.05, 0.1) is 29.8 Å². The zero-order valence-corrected chi connectivity index (χ0v) is 17.7. The summed E-state index contributed by atoms with van der Waals surface area (Å²) in [6, 6.07) is 21.6. The maximum absolute atomic E-state index is 12.8. The Balaban J connectivity index is 1.55. The second-order valence-electron chi connectivity index (χ2n) is 7.05. The van der Waals surface area contributed by atoms with Gasteiger partial charge in [-0.05, 0) is 48.9 Å². The number of benzene rings is 3. The number of hydrogen-bond donors (Lipinski definition) is 0. The van der Waals surface area contributed by atoms with E-state index in [-0.39, 0.29) is 11.5 Å². The first kappa shape index (κ1) is 21.0. The molecule has 32 heavy (non-hydrogen) atoms.